The van der Waals surface area contributed by atoms with Gasteiger partial charge in [0.15, 0.2) is 0 Å². The van der Waals surface area contributed by atoms with Gasteiger partial charge in [-0.25, -0.2) is 4.79 Å². The number of esters is 1. The van der Waals surface area contributed by atoms with E-state index in [0.29, 0.717) is 19.6 Å². The number of carbonyl (C=O) groups is 2. The summed E-state index contributed by atoms with van der Waals surface area (Å²) in [6.07, 6.45) is 3.98. The predicted octanol–water partition coefficient (Wildman–Crippen LogP) is 0.321. The van der Waals surface area contributed by atoms with Crippen molar-refractivity contribution < 1.29 is 19.1 Å². The molecular formula is C8H12O4. The second kappa shape index (κ2) is 7.94. The summed E-state index contributed by atoms with van der Waals surface area (Å²) < 4.78 is 9.28. The van der Waals surface area contributed by atoms with Crippen molar-refractivity contribution in [2.24, 2.45) is 0 Å². The molecule has 0 rings (SSSR count). The van der Waals surface area contributed by atoms with Gasteiger partial charge in [-0.1, -0.05) is 6.08 Å². The number of methoxy groups -OCH3 is 1. The Morgan fingerprint density at radius 2 is 2.25 bits per heavy atom. The maximum atomic E-state index is 10.5. The normalized spacial score (nSPS) is 10.1. The van der Waals surface area contributed by atoms with Gasteiger partial charge in [-0.2, -0.15) is 0 Å². The highest BCUT2D eigenvalue weighted by Crippen LogP contribution is 1.82. The Morgan fingerprint density at radius 3 is 2.83 bits per heavy atom. The lowest BCUT2D eigenvalue weighted by atomic mass is 10.5. The molecule has 0 fully saturated rings. The molecular weight excluding hydrogens is 160 g/mol. The van der Waals surface area contributed by atoms with Crippen LogP contribution in [0.25, 0.3) is 0 Å². The van der Waals surface area contributed by atoms with Gasteiger partial charge in [0.1, 0.15) is 6.29 Å². The zero-order valence-corrected chi connectivity index (χ0v) is 6.99. The number of aldehydes is 1. The van der Waals surface area contributed by atoms with Gasteiger partial charge in [0.05, 0.1) is 20.3 Å². The summed E-state index contributed by atoms with van der Waals surface area (Å²) in [5.41, 5.74) is 0. The molecule has 4 heteroatoms. The summed E-state index contributed by atoms with van der Waals surface area (Å²) in [7, 11) is 1.31. The molecule has 0 unspecified atom stereocenters. The summed E-state index contributed by atoms with van der Waals surface area (Å²) in [6, 6.07) is 0. The van der Waals surface area contributed by atoms with E-state index in [9.17, 15) is 9.59 Å². The second-order valence-electron chi connectivity index (χ2n) is 1.96. The predicted molar refractivity (Wildman–Crippen MR) is 42.7 cm³/mol. The molecule has 0 bridgehead atoms. The van der Waals surface area contributed by atoms with Gasteiger partial charge in [-0.3, -0.25) is 0 Å². The minimum atomic E-state index is -0.408. The molecule has 0 spiro atoms. The summed E-state index contributed by atoms with van der Waals surface area (Å²) in [5.74, 6) is -0.408. The molecule has 0 heterocycles. The monoisotopic (exact) mass is 172 g/mol. The molecule has 0 aliphatic heterocycles. The van der Waals surface area contributed by atoms with Gasteiger partial charge in [0, 0.05) is 12.5 Å². The van der Waals surface area contributed by atoms with Crippen LogP contribution in [-0.4, -0.2) is 32.6 Å². The van der Waals surface area contributed by atoms with Gasteiger partial charge in [0.25, 0.3) is 0 Å². The Labute approximate surface area is 71.2 Å². The first-order chi connectivity index (χ1) is 5.81. The average molecular weight is 172 g/mol. The van der Waals surface area contributed by atoms with Crippen molar-refractivity contribution in [2.45, 2.75) is 6.42 Å². The third kappa shape index (κ3) is 6.95. The molecule has 0 aromatic carbocycles. The number of rotatable bonds is 6. The molecule has 0 aliphatic rings. The van der Waals surface area contributed by atoms with E-state index in [1.165, 1.54) is 19.3 Å². The van der Waals surface area contributed by atoms with Gasteiger partial charge in [0.2, 0.25) is 0 Å². The van der Waals surface area contributed by atoms with Crippen LogP contribution in [-0.2, 0) is 19.1 Å². The van der Waals surface area contributed by atoms with Crippen LogP contribution in [0, 0.1) is 0 Å². The number of hydrogen-bond donors (Lipinski definition) is 0. The highest BCUT2D eigenvalue weighted by molar-refractivity contribution is 5.81. The van der Waals surface area contributed by atoms with E-state index in [2.05, 4.69) is 4.74 Å². The third-order valence-electron chi connectivity index (χ3n) is 1.05. The van der Waals surface area contributed by atoms with E-state index in [1.807, 2.05) is 0 Å². The van der Waals surface area contributed by atoms with Crippen molar-refractivity contribution in [3.05, 3.63) is 12.2 Å². The highest BCUT2D eigenvalue weighted by atomic mass is 16.5. The molecule has 68 valence electrons. The maximum absolute atomic E-state index is 10.5. The minimum absolute atomic E-state index is 0.322. The van der Waals surface area contributed by atoms with E-state index < -0.39 is 5.97 Å². The molecule has 12 heavy (non-hydrogen) atoms. The third-order valence-corrected chi connectivity index (χ3v) is 1.05. The zero-order valence-electron chi connectivity index (χ0n) is 6.99. The molecule has 0 saturated heterocycles. The Morgan fingerprint density at radius 1 is 1.50 bits per heavy atom. The van der Waals surface area contributed by atoms with Gasteiger partial charge >= 0.3 is 5.97 Å². The first-order valence-corrected chi connectivity index (χ1v) is 3.57. The summed E-state index contributed by atoms with van der Waals surface area (Å²) in [6.45, 7) is 0.706. The van der Waals surface area contributed by atoms with Crippen LogP contribution < -0.4 is 0 Å². The van der Waals surface area contributed by atoms with E-state index in [0.717, 1.165) is 6.29 Å². The van der Waals surface area contributed by atoms with E-state index in [4.69, 9.17) is 4.74 Å². The van der Waals surface area contributed by atoms with Gasteiger partial charge < -0.3 is 14.3 Å². The van der Waals surface area contributed by atoms with Crippen molar-refractivity contribution in [3.8, 4) is 0 Å². The lowest BCUT2D eigenvalue weighted by molar-refractivity contribution is -0.134. The SMILES string of the molecule is COC(=O)/C=C/COCCC=O. The number of ether oxygens (including phenoxy) is 2. The van der Waals surface area contributed by atoms with Crippen molar-refractivity contribution >= 4 is 12.3 Å². The first-order valence-electron chi connectivity index (χ1n) is 3.57. The summed E-state index contributed by atoms with van der Waals surface area (Å²) >= 11 is 0. The van der Waals surface area contributed by atoms with Crippen LogP contribution in [0.3, 0.4) is 0 Å². The average Bonchev–Trinajstić information content (AvgIpc) is 2.10. The Balaban J connectivity index is 3.24. The number of hydrogen-bond acceptors (Lipinski definition) is 4. The Kier molecular flexibility index (Phi) is 7.17. The van der Waals surface area contributed by atoms with E-state index in [-0.39, 0.29) is 0 Å². The van der Waals surface area contributed by atoms with Crippen LogP contribution in [0.5, 0.6) is 0 Å². The molecule has 0 N–H and O–H groups in total. The van der Waals surface area contributed by atoms with Crippen LogP contribution in [0.4, 0.5) is 0 Å². The molecule has 0 atom stereocenters. The van der Waals surface area contributed by atoms with Crippen molar-refractivity contribution in [1.29, 1.82) is 0 Å². The zero-order chi connectivity index (χ0) is 9.23. The maximum Gasteiger partial charge on any atom is 0.330 e. The standard InChI is InChI=1S/C8H12O4/c1-11-8(10)4-2-6-12-7-3-5-9/h2,4-5H,3,6-7H2,1H3/b4-2+. The van der Waals surface area contributed by atoms with Crippen LogP contribution in [0.1, 0.15) is 6.42 Å². The Bertz CT molecular complexity index is 162. The van der Waals surface area contributed by atoms with Crippen LogP contribution >= 0.6 is 0 Å². The molecule has 0 aromatic heterocycles. The van der Waals surface area contributed by atoms with E-state index in [1.54, 1.807) is 0 Å². The largest absolute Gasteiger partial charge is 0.466 e. The fourth-order valence-corrected chi connectivity index (χ4v) is 0.495. The summed E-state index contributed by atoms with van der Waals surface area (Å²) in [5, 5.41) is 0. The quantitative estimate of drug-likeness (QED) is 0.250. The molecule has 4 nitrogen and oxygen atoms in total. The minimum Gasteiger partial charge on any atom is -0.466 e. The molecule has 0 aromatic rings. The summed E-state index contributed by atoms with van der Waals surface area (Å²) in [4.78, 5) is 20.3. The molecule has 0 amide bonds. The van der Waals surface area contributed by atoms with E-state index >= 15 is 0 Å². The first kappa shape index (κ1) is 10.8. The smallest absolute Gasteiger partial charge is 0.330 e. The Hall–Kier alpha value is -1.16. The van der Waals surface area contributed by atoms with Crippen LogP contribution in [0.2, 0.25) is 0 Å². The molecule has 0 saturated carbocycles. The topological polar surface area (TPSA) is 52.6 Å². The van der Waals surface area contributed by atoms with Crippen molar-refractivity contribution in [1.82, 2.24) is 0 Å². The van der Waals surface area contributed by atoms with Crippen molar-refractivity contribution in [2.75, 3.05) is 20.3 Å². The molecule has 0 radical (unpaired) electrons. The van der Waals surface area contributed by atoms with Crippen molar-refractivity contribution in [3.63, 3.8) is 0 Å². The second-order valence-corrected chi connectivity index (χ2v) is 1.96. The molecule has 0 aliphatic carbocycles. The fraction of sp³-hybridized carbons (Fsp3) is 0.500. The van der Waals surface area contributed by atoms with Gasteiger partial charge in [-0.15, -0.1) is 0 Å². The number of carbonyl (C=O) groups excluding carboxylic acids is 2. The van der Waals surface area contributed by atoms with Gasteiger partial charge in [-0.05, 0) is 0 Å². The van der Waals surface area contributed by atoms with Crippen LogP contribution in [0.15, 0.2) is 12.2 Å². The lowest BCUT2D eigenvalue weighted by Gasteiger charge is -1.94. The fourth-order valence-electron chi connectivity index (χ4n) is 0.495. The highest BCUT2D eigenvalue weighted by Gasteiger charge is 1.89. The lowest BCUT2D eigenvalue weighted by Crippen LogP contribution is -1.97.